The van der Waals surface area contributed by atoms with Crippen LogP contribution in [0.2, 0.25) is 0 Å². The normalized spacial score (nSPS) is 27.0. The van der Waals surface area contributed by atoms with Crippen LogP contribution >= 0.6 is 0 Å². The average molecular weight is 483 g/mol. The lowest BCUT2D eigenvalue weighted by Crippen LogP contribution is -2.65. The third-order valence-corrected chi connectivity index (χ3v) is 8.75. The zero-order valence-electron chi connectivity index (χ0n) is 21.6. The number of carbonyl (C=O) groups is 2. The highest BCUT2D eigenvalue weighted by molar-refractivity contribution is 6.02. The first-order chi connectivity index (χ1) is 17.0. The molecule has 7 heteroatoms. The number of hydrogen-bond donors (Lipinski definition) is 1. The molecular weight excluding hydrogens is 440 g/mol. The molecule has 0 spiro atoms. The lowest BCUT2D eigenvalue weighted by atomic mass is 9.92. The van der Waals surface area contributed by atoms with Gasteiger partial charge in [0.2, 0.25) is 5.91 Å². The van der Waals surface area contributed by atoms with E-state index in [4.69, 9.17) is 4.42 Å². The van der Waals surface area contributed by atoms with E-state index in [0.717, 1.165) is 50.7 Å². The van der Waals surface area contributed by atoms with E-state index in [1.54, 1.807) is 6.26 Å². The van der Waals surface area contributed by atoms with Crippen LogP contribution in [0.3, 0.4) is 0 Å². The molecule has 1 N–H and O–H groups in total. The molecule has 2 atom stereocenters. The van der Waals surface area contributed by atoms with Crippen molar-refractivity contribution >= 4 is 22.9 Å². The quantitative estimate of drug-likeness (QED) is 0.633. The van der Waals surface area contributed by atoms with Crippen LogP contribution in [0.5, 0.6) is 0 Å². The van der Waals surface area contributed by atoms with E-state index in [0.29, 0.717) is 30.4 Å². The maximum Gasteiger partial charge on any atom is 0.271 e. The Morgan fingerprint density at radius 2 is 1.83 bits per heavy atom. The van der Waals surface area contributed by atoms with Gasteiger partial charge in [-0.1, -0.05) is 38.5 Å². The van der Waals surface area contributed by atoms with Crippen molar-refractivity contribution in [1.82, 2.24) is 19.7 Å². The number of piperidine rings is 1. The molecule has 4 heterocycles. The number of nitrogens with one attached hydrogen (secondary N) is 1. The van der Waals surface area contributed by atoms with Crippen molar-refractivity contribution in [2.75, 3.05) is 19.6 Å². The molecule has 192 valence electrons. The summed E-state index contributed by atoms with van der Waals surface area (Å²) in [6, 6.07) is 4.53. The van der Waals surface area contributed by atoms with Crippen LogP contribution in [-0.4, -0.2) is 63.4 Å². The summed E-state index contributed by atoms with van der Waals surface area (Å²) in [7, 11) is 0. The molecule has 1 aliphatic carbocycles. The first-order valence-electron chi connectivity index (χ1n) is 13.9. The standard InChI is InChI=1S/C28H42N4O3/c1-21-11-8-9-15-30(21)16-10-17-32-26(33)24-19-25-23(14-18-35-25)31(24)20-28(32,2)27(34)29-22-12-6-4-3-5-7-13-22/h14,18-19,21-22H,3-13,15-17,20H2,1-2H3,(H,29,34)/t21-,28+/m0/s1. The van der Waals surface area contributed by atoms with Gasteiger partial charge in [0.25, 0.3) is 5.91 Å². The van der Waals surface area contributed by atoms with Crippen molar-refractivity contribution < 1.29 is 14.0 Å². The summed E-state index contributed by atoms with van der Waals surface area (Å²) in [5.41, 5.74) is 1.30. The Balaban J connectivity index is 1.37. The van der Waals surface area contributed by atoms with Crippen LogP contribution in [0.15, 0.2) is 22.8 Å². The minimum Gasteiger partial charge on any atom is -0.463 e. The van der Waals surface area contributed by atoms with Crippen molar-refractivity contribution in [2.45, 2.75) is 109 Å². The molecule has 2 aromatic rings. The fraction of sp³-hybridized carbons (Fsp3) is 0.714. The van der Waals surface area contributed by atoms with E-state index in [9.17, 15) is 9.59 Å². The molecule has 1 saturated heterocycles. The number of aromatic nitrogens is 1. The van der Waals surface area contributed by atoms with Crippen LogP contribution in [0, 0.1) is 0 Å². The first kappa shape index (κ1) is 24.4. The minimum atomic E-state index is -0.927. The zero-order valence-corrected chi connectivity index (χ0v) is 21.6. The number of fused-ring (bicyclic) bond motifs is 3. The van der Waals surface area contributed by atoms with Crippen LogP contribution < -0.4 is 5.32 Å². The largest absolute Gasteiger partial charge is 0.463 e. The molecule has 1 saturated carbocycles. The molecule has 35 heavy (non-hydrogen) atoms. The van der Waals surface area contributed by atoms with E-state index in [1.807, 2.05) is 28.5 Å². The van der Waals surface area contributed by atoms with E-state index in [1.165, 1.54) is 38.5 Å². The summed E-state index contributed by atoms with van der Waals surface area (Å²) in [4.78, 5) is 32.1. The Morgan fingerprint density at radius 1 is 1.09 bits per heavy atom. The number of amides is 2. The Labute approximate surface area is 209 Å². The van der Waals surface area contributed by atoms with Gasteiger partial charge in [0.1, 0.15) is 11.2 Å². The van der Waals surface area contributed by atoms with Gasteiger partial charge >= 0.3 is 0 Å². The van der Waals surface area contributed by atoms with E-state index >= 15 is 0 Å². The molecule has 2 aliphatic heterocycles. The van der Waals surface area contributed by atoms with Gasteiger partial charge in [0, 0.05) is 37.3 Å². The first-order valence-corrected chi connectivity index (χ1v) is 13.9. The molecule has 7 nitrogen and oxygen atoms in total. The van der Waals surface area contributed by atoms with Gasteiger partial charge in [0.15, 0.2) is 5.58 Å². The molecule has 2 aromatic heterocycles. The molecule has 0 radical (unpaired) electrons. The van der Waals surface area contributed by atoms with Crippen LogP contribution in [0.4, 0.5) is 0 Å². The Kier molecular flexibility index (Phi) is 7.24. The van der Waals surface area contributed by atoms with Gasteiger partial charge in [-0.25, -0.2) is 0 Å². The lowest BCUT2D eigenvalue weighted by molar-refractivity contribution is -0.133. The second kappa shape index (κ2) is 10.4. The SMILES string of the molecule is C[C@H]1CCCCN1CCCN1C(=O)c2cc3occc3n2C[C@]1(C)C(=O)NC1CCCCCCC1. The topological polar surface area (TPSA) is 70.7 Å². The maximum absolute atomic E-state index is 13.9. The summed E-state index contributed by atoms with van der Waals surface area (Å²) >= 11 is 0. The second-order valence-electron chi connectivity index (χ2n) is 11.3. The smallest absolute Gasteiger partial charge is 0.271 e. The van der Waals surface area contributed by atoms with Gasteiger partial charge in [-0.05, 0) is 52.5 Å². The van der Waals surface area contributed by atoms with Crippen LogP contribution in [-0.2, 0) is 11.3 Å². The van der Waals surface area contributed by atoms with Gasteiger partial charge < -0.3 is 24.1 Å². The average Bonchev–Trinajstić information content (AvgIpc) is 3.41. The van der Waals surface area contributed by atoms with Crippen LogP contribution in [0.1, 0.15) is 95.0 Å². The highest BCUT2D eigenvalue weighted by Crippen LogP contribution is 2.33. The monoisotopic (exact) mass is 482 g/mol. The second-order valence-corrected chi connectivity index (χ2v) is 11.3. The van der Waals surface area contributed by atoms with Gasteiger partial charge in [-0.15, -0.1) is 0 Å². The molecule has 5 rings (SSSR count). The van der Waals surface area contributed by atoms with E-state index < -0.39 is 5.54 Å². The third kappa shape index (κ3) is 4.89. The molecule has 2 amide bonds. The summed E-state index contributed by atoms with van der Waals surface area (Å²) in [6.45, 7) is 7.41. The summed E-state index contributed by atoms with van der Waals surface area (Å²) in [6.07, 6.45) is 14.5. The predicted molar refractivity (Wildman–Crippen MR) is 137 cm³/mol. The fourth-order valence-corrected chi connectivity index (χ4v) is 6.49. The minimum absolute atomic E-state index is 0.0150. The van der Waals surface area contributed by atoms with Crippen molar-refractivity contribution in [1.29, 1.82) is 0 Å². The van der Waals surface area contributed by atoms with Gasteiger partial charge in [-0.3, -0.25) is 9.59 Å². The van der Waals surface area contributed by atoms with Crippen molar-refractivity contribution in [3.05, 3.63) is 24.1 Å². The maximum atomic E-state index is 13.9. The number of likely N-dealkylation sites (tertiary alicyclic amines) is 1. The molecule has 0 bridgehead atoms. The van der Waals surface area contributed by atoms with Crippen molar-refractivity contribution in [3.8, 4) is 0 Å². The van der Waals surface area contributed by atoms with E-state index in [-0.39, 0.29) is 17.9 Å². The summed E-state index contributed by atoms with van der Waals surface area (Å²) in [5, 5.41) is 3.38. The lowest BCUT2D eigenvalue weighted by Gasteiger charge is -2.45. The van der Waals surface area contributed by atoms with Crippen molar-refractivity contribution in [3.63, 3.8) is 0 Å². The molecule has 0 aromatic carbocycles. The number of rotatable bonds is 6. The number of hydrogen-bond acceptors (Lipinski definition) is 4. The Hall–Kier alpha value is -2.28. The number of carbonyl (C=O) groups excluding carboxylic acids is 2. The summed E-state index contributed by atoms with van der Waals surface area (Å²) < 4.78 is 7.59. The molecule has 3 aliphatic rings. The van der Waals surface area contributed by atoms with Gasteiger partial charge in [0.05, 0.1) is 18.3 Å². The summed E-state index contributed by atoms with van der Waals surface area (Å²) in [5.74, 6) is -0.0802. The Morgan fingerprint density at radius 3 is 2.60 bits per heavy atom. The Bertz CT molecular complexity index is 1030. The predicted octanol–water partition coefficient (Wildman–Crippen LogP) is 4.94. The third-order valence-electron chi connectivity index (χ3n) is 8.75. The highest BCUT2D eigenvalue weighted by atomic mass is 16.3. The highest BCUT2D eigenvalue weighted by Gasteiger charge is 2.48. The zero-order chi connectivity index (χ0) is 24.4. The fourth-order valence-electron chi connectivity index (χ4n) is 6.49. The van der Waals surface area contributed by atoms with Crippen molar-refractivity contribution in [2.24, 2.45) is 0 Å². The molecular formula is C28H42N4O3. The van der Waals surface area contributed by atoms with Gasteiger partial charge in [-0.2, -0.15) is 0 Å². The molecule has 0 unspecified atom stereocenters. The molecule has 2 fully saturated rings. The van der Waals surface area contributed by atoms with E-state index in [2.05, 4.69) is 17.1 Å². The van der Waals surface area contributed by atoms with Crippen LogP contribution in [0.25, 0.3) is 11.1 Å². The number of furan rings is 1. The number of nitrogens with zero attached hydrogens (tertiary/aromatic N) is 3.